The molecule has 1 aliphatic heterocycles. The number of guanidine groups is 1. The number of carbonyl (C=O) groups excluding carboxylic acids is 1. The Kier molecular flexibility index (Phi) is 4.77. The minimum atomic E-state index is -0.942. The molecule has 10 nitrogen and oxygen atoms in total. The number of carbonyl (C=O) groups is 2. The Balaban J connectivity index is 1.34. The molecule has 1 fully saturated rings. The maximum Gasteiger partial charge on any atom is 0.307 e. The van der Waals surface area contributed by atoms with E-state index in [1.165, 1.54) is 0 Å². The van der Waals surface area contributed by atoms with Crippen LogP contribution >= 0.6 is 15.9 Å². The molecule has 5 rings (SSSR count). The van der Waals surface area contributed by atoms with Gasteiger partial charge in [-0.3, -0.25) is 19.5 Å². The van der Waals surface area contributed by atoms with Gasteiger partial charge in [-0.1, -0.05) is 0 Å². The van der Waals surface area contributed by atoms with Crippen LogP contribution in [-0.4, -0.2) is 60.5 Å². The topological polar surface area (TPSA) is 128 Å². The molecule has 31 heavy (non-hydrogen) atoms. The summed E-state index contributed by atoms with van der Waals surface area (Å²) in [7, 11) is 1.86. The van der Waals surface area contributed by atoms with E-state index < -0.39 is 17.8 Å². The fourth-order valence-corrected chi connectivity index (χ4v) is 4.81. The number of H-pyrrole nitrogens is 1. The number of rotatable bonds is 5. The minimum Gasteiger partial charge on any atom is -0.481 e. The van der Waals surface area contributed by atoms with Crippen molar-refractivity contribution >= 4 is 50.5 Å². The molecule has 3 aromatic rings. The average molecular weight is 486 g/mol. The lowest BCUT2D eigenvalue weighted by Crippen LogP contribution is -2.40. The Morgan fingerprint density at radius 2 is 2.19 bits per heavy atom. The van der Waals surface area contributed by atoms with Crippen LogP contribution in [0.5, 0.6) is 0 Å². The van der Waals surface area contributed by atoms with Crippen molar-refractivity contribution in [1.29, 1.82) is 0 Å². The zero-order chi connectivity index (χ0) is 21.7. The van der Waals surface area contributed by atoms with Gasteiger partial charge in [0.25, 0.3) is 0 Å². The number of nitrogens with one attached hydrogen (secondary N) is 2. The predicted octanol–water partition coefficient (Wildman–Crippen LogP) is 1.86. The Hall–Kier alpha value is -3.21. The van der Waals surface area contributed by atoms with E-state index in [2.05, 4.69) is 41.2 Å². The van der Waals surface area contributed by atoms with Crippen molar-refractivity contribution in [2.45, 2.75) is 6.42 Å². The van der Waals surface area contributed by atoms with E-state index in [1.807, 2.05) is 23.7 Å². The minimum absolute atomic E-state index is 0.208. The summed E-state index contributed by atoms with van der Waals surface area (Å²) in [5.41, 5.74) is 3.30. The number of benzene rings is 1. The van der Waals surface area contributed by atoms with E-state index in [9.17, 15) is 14.7 Å². The van der Waals surface area contributed by atoms with Gasteiger partial charge < -0.3 is 20.0 Å². The number of imidazole rings is 2. The average Bonchev–Trinajstić information content (AvgIpc) is 3.14. The standard InChI is InChI=1S/C20H20BrN7O3/c1-27-9-22-7-10(27)6-11-14(15(11)19(30)31)18(29)28-5-4-23-20(28)26-12-2-3-13-17(16(12)21)25-8-24-13/h2-3,7-9,11,14-15H,4-6H2,1H3,(H,23,26)(H,24,25)(H,30,31). The fourth-order valence-electron chi connectivity index (χ4n) is 4.26. The molecule has 0 spiro atoms. The number of aromatic amines is 1. The van der Waals surface area contributed by atoms with Crippen LogP contribution in [0, 0.1) is 17.8 Å². The number of aliphatic carboxylic acids is 1. The summed E-state index contributed by atoms with van der Waals surface area (Å²) >= 11 is 3.56. The van der Waals surface area contributed by atoms with Crippen molar-refractivity contribution < 1.29 is 14.7 Å². The second-order valence-corrected chi connectivity index (χ2v) is 8.59. The quantitative estimate of drug-likeness (QED) is 0.505. The Bertz CT molecular complexity index is 1220. The predicted molar refractivity (Wildman–Crippen MR) is 116 cm³/mol. The molecule has 3 unspecified atom stereocenters. The lowest BCUT2D eigenvalue weighted by Gasteiger charge is -2.20. The van der Waals surface area contributed by atoms with Gasteiger partial charge in [-0.2, -0.15) is 0 Å². The SMILES string of the molecule is Cn1cncc1CC1C(C(=O)O)C1C(=O)N1CCN=C1Nc1ccc2[nH]cnc2c1Br. The lowest BCUT2D eigenvalue weighted by atomic mass is 10.2. The highest BCUT2D eigenvalue weighted by molar-refractivity contribution is 9.10. The zero-order valence-electron chi connectivity index (χ0n) is 16.6. The number of hydrogen-bond donors (Lipinski definition) is 3. The third-order valence-corrected chi connectivity index (χ3v) is 6.79. The van der Waals surface area contributed by atoms with Gasteiger partial charge in [0.15, 0.2) is 0 Å². The number of aryl methyl sites for hydroxylation is 1. The van der Waals surface area contributed by atoms with Crippen LogP contribution in [0.2, 0.25) is 0 Å². The number of carboxylic acid groups (broad SMARTS) is 1. The van der Waals surface area contributed by atoms with Gasteiger partial charge in [-0.25, -0.2) is 9.97 Å². The van der Waals surface area contributed by atoms with Crippen molar-refractivity contribution in [2.75, 3.05) is 18.4 Å². The van der Waals surface area contributed by atoms with Gasteiger partial charge >= 0.3 is 5.97 Å². The van der Waals surface area contributed by atoms with Crippen molar-refractivity contribution in [1.82, 2.24) is 24.4 Å². The summed E-state index contributed by atoms with van der Waals surface area (Å²) < 4.78 is 2.61. The zero-order valence-corrected chi connectivity index (χ0v) is 18.2. The number of aromatic nitrogens is 4. The number of amides is 1. The summed E-state index contributed by atoms with van der Waals surface area (Å²) in [5.74, 6) is -2.25. The smallest absolute Gasteiger partial charge is 0.307 e. The Labute approximate surface area is 185 Å². The summed E-state index contributed by atoms with van der Waals surface area (Å²) in [6.45, 7) is 0.887. The second-order valence-electron chi connectivity index (χ2n) is 7.80. The highest BCUT2D eigenvalue weighted by Gasteiger charge is 2.60. The first-order valence-corrected chi connectivity index (χ1v) is 10.7. The number of nitrogens with zero attached hydrogens (tertiary/aromatic N) is 5. The van der Waals surface area contributed by atoms with Gasteiger partial charge in [0, 0.05) is 25.5 Å². The van der Waals surface area contributed by atoms with Crippen LogP contribution in [0.3, 0.4) is 0 Å². The first-order chi connectivity index (χ1) is 15.0. The summed E-state index contributed by atoms with van der Waals surface area (Å²) in [5, 5.41) is 12.9. The van der Waals surface area contributed by atoms with Crippen molar-refractivity contribution in [3.05, 3.63) is 41.2 Å². The molecule has 2 aliphatic rings. The third-order valence-electron chi connectivity index (χ3n) is 5.98. The number of hydrogen-bond acceptors (Lipinski definition) is 6. The number of fused-ring (bicyclic) bond motifs is 1. The molecule has 1 aromatic carbocycles. The Morgan fingerprint density at radius 3 is 2.94 bits per heavy atom. The molecule has 0 saturated heterocycles. The van der Waals surface area contributed by atoms with E-state index in [4.69, 9.17) is 0 Å². The van der Waals surface area contributed by atoms with Crippen LogP contribution < -0.4 is 5.32 Å². The molecule has 160 valence electrons. The summed E-state index contributed by atoms with van der Waals surface area (Å²) in [6.07, 6.45) is 5.50. The molecule has 1 amide bonds. The highest BCUT2D eigenvalue weighted by Crippen LogP contribution is 2.49. The molecule has 2 aromatic heterocycles. The van der Waals surface area contributed by atoms with E-state index in [-0.39, 0.29) is 11.8 Å². The van der Waals surface area contributed by atoms with Crippen LogP contribution in [0.25, 0.3) is 11.0 Å². The summed E-state index contributed by atoms with van der Waals surface area (Å²) in [6, 6.07) is 3.76. The highest BCUT2D eigenvalue weighted by atomic mass is 79.9. The monoisotopic (exact) mass is 485 g/mol. The first kappa shape index (κ1) is 19.7. The molecule has 1 saturated carbocycles. The van der Waals surface area contributed by atoms with E-state index in [0.717, 1.165) is 26.9 Å². The molecule has 3 atom stereocenters. The van der Waals surface area contributed by atoms with Gasteiger partial charge in [-0.05, 0) is 40.4 Å². The second kappa shape index (κ2) is 7.49. The van der Waals surface area contributed by atoms with E-state index in [1.54, 1.807) is 23.8 Å². The molecular formula is C20H20BrN7O3. The molecule has 11 heteroatoms. The van der Waals surface area contributed by atoms with Gasteiger partial charge in [0.2, 0.25) is 11.9 Å². The molecule has 3 N–H and O–H groups in total. The van der Waals surface area contributed by atoms with Crippen LogP contribution in [-0.2, 0) is 23.1 Å². The summed E-state index contributed by atoms with van der Waals surface area (Å²) in [4.78, 5) is 42.5. The van der Waals surface area contributed by atoms with Crippen molar-refractivity contribution in [3.8, 4) is 0 Å². The molecule has 0 radical (unpaired) electrons. The Morgan fingerprint density at radius 1 is 1.35 bits per heavy atom. The van der Waals surface area contributed by atoms with Crippen LogP contribution in [0.15, 0.2) is 40.4 Å². The van der Waals surface area contributed by atoms with E-state index >= 15 is 0 Å². The van der Waals surface area contributed by atoms with Gasteiger partial charge in [0.1, 0.15) is 5.52 Å². The fraction of sp³-hybridized carbons (Fsp3) is 0.350. The van der Waals surface area contributed by atoms with Gasteiger partial charge in [-0.15, -0.1) is 0 Å². The number of aliphatic imine (C=N–C) groups is 1. The molecule has 0 bridgehead atoms. The molecular weight excluding hydrogens is 466 g/mol. The van der Waals surface area contributed by atoms with E-state index in [0.29, 0.717) is 25.5 Å². The first-order valence-electron chi connectivity index (χ1n) is 9.88. The largest absolute Gasteiger partial charge is 0.481 e. The lowest BCUT2D eigenvalue weighted by molar-refractivity contribution is -0.141. The van der Waals surface area contributed by atoms with Crippen molar-refractivity contribution in [2.24, 2.45) is 29.8 Å². The van der Waals surface area contributed by atoms with Crippen LogP contribution in [0.4, 0.5) is 5.69 Å². The van der Waals surface area contributed by atoms with Gasteiger partial charge in [0.05, 0.1) is 46.7 Å². The number of anilines is 1. The van der Waals surface area contributed by atoms with Crippen molar-refractivity contribution in [3.63, 3.8) is 0 Å². The maximum atomic E-state index is 13.3. The normalized spacial score (nSPS) is 22.6. The maximum absolute atomic E-state index is 13.3. The third kappa shape index (κ3) is 3.38. The molecule has 3 heterocycles. The number of carboxylic acids is 1. The molecule has 1 aliphatic carbocycles. The number of halogens is 1. The van der Waals surface area contributed by atoms with Crippen LogP contribution in [0.1, 0.15) is 5.69 Å².